The van der Waals surface area contributed by atoms with Crippen LogP contribution >= 0.6 is 0 Å². The van der Waals surface area contributed by atoms with Crippen LogP contribution in [0, 0.1) is 0 Å². The van der Waals surface area contributed by atoms with Gasteiger partial charge in [-0.25, -0.2) is 0 Å². The molecule has 1 unspecified atom stereocenters. The molecule has 6 nitrogen and oxygen atoms in total. The predicted octanol–water partition coefficient (Wildman–Crippen LogP) is 4.44. The Hall–Kier alpha value is -4.45. The fraction of sp³-hybridized carbons (Fsp3) is 0.107. The second kappa shape index (κ2) is 8.83. The molecule has 1 aliphatic rings. The van der Waals surface area contributed by atoms with Gasteiger partial charge < -0.3 is 10.4 Å². The highest BCUT2D eigenvalue weighted by atomic mass is 16.3. The zero-order chi connectivity index (χ0) is 23.7. The zero-order valence-electron chi connectivity index (χ0n) is 18.3. The SMILES string of the molecule is O=C(CCN1C(=O)c2ccccc2C1=O)NC(c1ccccc1)c1c(O)ccc2ccccc12. The van der Waals surface area contributed by atoms with E-state index in [0.717, 1.165) is 21.2 Å². The largest absolute Gasteiger partial charge is 0.508 e. The first-order valence-electron chi connectivity index (χ1n) is 11.0. The Kier molecular flexibility index (Phi) is 5.55. The number of carbonyl (C=O) groups excluding carboxylic acids is 3. The average molecular weight is 450 g/mol. The fourth-order valence-corrected chi connectivity index (χ4v) is 4.44. The van der Waals surface area contributed by atoms with Crippen molar-refractivity contribution in [3.63, 3.8) is 0 Å². The van der Waals surface area contributed by atoms with E-state index in [2.05, 4.69) is 5.32 Å². The van der Waals surface area contributed by atoms with Crippen molar-refractivity contribution in [1.82, 2.24) is 10.2 Å². The summed E-state index contributed by atoms with van der Waals surface area (Å²) >= 11 is 0. The summed E-state index contributed by atoms with van der Waals surface area (Å²) in [5.74, 6) is -1.04. The average Bonchev–Trinajstić information content (AvgIpc) is 3.11. The maximum atomic E-state index is 13.0. The molecule has 0 spiro atoms. The molecule has 3 amide bonds. The van der Waals surface area contributed by atoms with Gasteiger partial charge in [0.05, 0.1) is 17.2 Å². The molecule has 0 fully saturated rings. The molecule has 4 aromatic carbocycles. The summed E-state index contributed by atoms with van der Waals surface area (Å²) in [6.45, 7) is -0.0266. The van der Waals surface area contributed by atoms with Gasteiger partial charge >= 0.3 is 0 Å². The van der Waals surface area contributed by atoms with Crippen LogP contribution in [-0.4, -0.2) is 34.3 Å². The van der Waals surface area contributed by atoms with Crippen molar-refractivity contribution in [3.8, 4) is 5.75 Å². The number of carbonyl (C=O) groups is 3. The van der Waals surface area contributed by atoms with Gasteiger partial charge in [-0.1, -0.05) is 72.8 Å². The van der Waals surface area contributed by atoms with E-state index in [0.29, 0.717) is 16.7 Å². The summed E-state index contributed by atoms with van der Waals surface area (Å²) in [7, 11) is 0. The third-order valence-electron chi connectivity index (χ3n) is 6.12. The Morgan fingerprint density at radius 2 is 1.41 bits per heavy atom. The molecule has 6 heteroatoms. The van der Waals surface area contributed by atoms with Crippen LogP contribution in [0.2, 0.25) is 0 Å². The van der Waals surface area contributed by atoms with Gasteiger partial charge in [-0.2, -0.15) is 0 Å². The molecule has 1 atom stereocenters. The molecule has 168 valence electrons. The van der Waals surface area contributed by atoms with E-state index in [1.165, 1.54) is 0 Å². The smallest absolute Gasteiger partial charge is 0.261 e. The maximum absolute atomic E-state index is 13.0. The summed E-state index contributed by atoms with van der Waals surface area (Å²) < 4.78 is 0. The Bertz CT molecular complexity index is 1380. The van der Waals surface area contributed by atoms with E-state index in [1.54, 1.807) is 30.3 Å². The van der Waals surface area contributed by atoms with Crippen LogP contribution < -0.4 is 5.32 Å². The van der Waals surface area contributed by atoms with Crippen molar-refractivity contribution in [2.45, 2.75) is 12.5 Å². The van der Waals surface area contributed by atoms with Crippen LogP contribution in [0.15, 0.2) is 91.0 Å². The lowest BCUT2D eigenvalue weighted by atomic mass is 9.92. The number of hydrogen-bond donors (Lipinski definition) is 2. The number of amides is 3. The number of hydrogen-bond acceptors (Lipinski definition) is 4. The van der Waals surface area contributed by atoms with Crippen LogP contribution in [0.1, 0.15) is 44.3 Å². The summed E-state index contributed by atoms with van der Waals surface area (Å²) in [5.41, 5.74) is 2.12. The molecular formula is C28H22N2O4. The Labute approximate surface area is 196 Å². The van der Waals surface area contributed by atoms with Crippen LogP contribution in [0.3, 0.4) is 0 Å². The first-order chi connectivity index (χ1) is 16.5. The maximum Gasteiger partial charge on any atom is 0.261 e. The van der Waals surface area contributed by atoms with Crippen molar-refractivity contribution in [2.24, 2.45) is 0 Å². The normalized spacial score (nSPS) is 13.7. The predicted molar refractivity (Wildman–Crippen MR) is 128 cm³/mol. The Morgan fingerprint density at radius 1 is 0.794 bits per heavy atom. The third-order valence-corrected chi connectivity index (χ3v) is 6.12. The van der Waals surface area contributed by atoms with Gasteiger partial charge in [0.2, 0.25) is 5.91 Å². The van der Waals surface area contributed by atoms with E-state index in [-0.39, 0.29) is 36.4 Å². The highest BCUT2D eigenvalue weighted by Crippen LogP contribution is 2.36. The van der Waals surface area contributed by atoms with Gasteiger partial charge in [-0.15, -0.1) is 0 Å². The molecule has 0 saturated carbocycles. The van der Waals surface area contributed by atoms with Gasteiger partial charge in [-0.05, 0) is 34.5 Å². The highest BCUT2D eigenvalue weighted by Gasteiger charge is 2.35. The fourth-order valence-electron chi connectivity index (χ4n) is 4.44. The molecular weight excluding hydrogens is 428 g/mol. The van der Waals surface area contributed by atoms with Gasteiger partial charge in [0.15, 0.2) is 0 Å². The number of nitrogens with zero attached hydrogens (tertiary/aromatic N) is 1. The minimum atomic E-state index is -0.609. The van der Waals surface area contributed by atoms with Crippen molar-refractivity contribution in [3.05, 3.63) is 113 Å². The lowest BCUT2D eigenvalue weighted by molar-refractivity contribution is -0.121. The Balaban J connectivity index is 1.41. The lowest BCUT2D eigenvalue weighted by Gasteiger charge is -2.23. The third kappa shape index (κ3) is 3.79. The number of fused-ring (bicyclic) bond motifs is 2. The quantitative estimate of drug-likeness (QED) is 0.425. The summed E-state index contributed by atoms with van der Waals surface area (Å²) in [5, 5.41) is 15.6. The van der Waals surface area contributed by atoms with Gasteiger partial charge in [-0.3, -0.25) is 19.3 Å². The summed E-state index contributed by atoms with van der Waals surface area (Å²) in [4.78, 5) is 39.4. The summed E-state index contributed by atoms with van der Waals surface area (Å²) in [6.07, 6.45) is -0.0552. The monoisotopic (exact) mass is 450 g/mol. The molecule has 0 bridgehead atoms. The van der Waals surface area contributed by atoms with Crippen LogP contribution in [0.25, 0.3) is 10.8 Å². The number of benzene rings is 4. The van der Waals surface area contributed by atoms with Gasteiger partial charge in [0, 0.05) is 18.5 Å². The zero-order valence-corrected chi connectivity index (χ0v) is 18.3. The van der Waals surface area contributed by atoms with E-state index in [9.17, 15) is 19.5 Å². The molecule has 34 heavy (non-hydrogen) atoms. The van der Waals surface area contributed by atoms with E-state index >= 15 is 0 Å². The number of aromatic hydroxyl groups is 1. The minimum Gasteiger partial charge on any atom is -0.508 e. The number of phenols is 1. The number of nitrogens with one attached hydrogen (secondary N) is 1. The first kappa shape index (κ1) is 21.4. The van der Waals surface area contributed by atoms with Gasteiger partial charge in [0.1, 0.15) is 5.75 Å². The number of imide groups is 1. The number of phenolic OH excluding ortho intramolecular Hbond substituents is 1. The molecule has 0 saturated heterocycles. The lowest BCUT2D eigenvalue weighted by Crippen LogP contribution is -2.36. The van der Waals surface area contributed by atoms with Crippen LogP contribution in [0.4, 0.5) is 0 Å². The molecule has 1 aliphatic heterocycles. The minimum absolute atomic E-state index is 0.0266. The molecule has 2 N–H and O–H groups in total. The van der Waals surface area contributed by atoms with E-state index in [4.69, 9.17) is 0 Å². The standard InChI is InChI=1S/C28H22N2O4/c31-23-15-14-18-8-4-5-11-20(18)25(23)26(19-9-2-1-3-10-19)29-24(32)16-17-30-27(33)21-12-6-7-13-22(21)28(30)34/h1-15,26,31H,16-17H2,(H,29,32). The number of rotatable bonds is 6. The van der Waals surface area contributed by atoms with Crippen LogP contribution in [-0.2, 0) is 4.79 Å². The van der Waals surface area contributed by atoms with E-state index in [1.807, 2.05) is 60.7 Å². The van der Waals surface area contributed by atoms with E-state index < -0.39 is 6.04 Å². The van der Waals surface area contributed by atoms with Gasteiger partial charge in [0.25, 0.3) is 11.8 Å². The molecule has 5 rings (SSSR count). The summed E-state index contributed by atoms with van der Waals surface area (Å²) in [6, 6.07) is 26.6. The topological polar surface area (TPSA) is 86.7 Å². The Morgan fingerprint density at radius 3 is 2.12 bits per heavy atom. The second-order valence-corrected chi connectivity index (χ2v) is 8.19. The molecule has 4 aromatic rings. The molecule has 0 aromatic heterocycles. The highest BCUT2D eigenvalue weighted by molar-refractivity contribution is 6.21. The van der Waals surface area contributed by atoms with Crippen molar-refractivity contribution in [2.75, 3.05) is 6.54 Å². The van der Waals surface area contributed by atoms with Crippen molar-refractivity contribution < 1.29 is 19.5 Å². The second-order valence-electron chi connectivity index (χ2n) is 8.19. The van der Waals surface area contributed by atoms with Crippen molar-refractivity contribution in [1.29, 1.82) is 0 Å². The first-order valence-corrected chi connectivity index (χ1v) is 11.0. The molecule has 1 heterocycles. The molecule has 0 radical (unpaired) electrons. The van der Waals surface area contributed by atoms with Crippen molar-refractivity contribution >= 4 is 28.5 Å². The van der Waals surface area contributed by atoms with Crippen LogP contribution in [0.5, 0.6) is 5.75 Å². The molecule has 0 aliphatic carbocycles.